The SMILES string of the molecule is CNC(=O)c1ccc(NC(=O)N[C@@H]2CCCN(C(=O)OC)C2)c(C)c1. The maximum Gasteiger partial charge on any atom is 0.409 e. The zero-order valence-corrected chi connectivity index (χ0v) is 14.7. The lowest BCUT2D eigenvalue weighted by Gasteiger charge is -2.32. The molecule has 0 unspecified atom stereocenters. The second kappa shape index (κ2) is 8.36. The lowest BCUT2D eigenvalue weighted by atomic mass is 10.1. The molecule has 0 spiro atoms. The molecule has 0 radical (unpaired) electrons. The van der Waals surface area contributed by atoms with Gasteiger partial charge in [0.25, 0.3) is 5.91 Å². The van der Waals surface area contributed by atoms with E-state index in [1.165, 1.54) is 7.11 Å². The van der Waals surface area contributed by atoms with E-state index in [1.54, 1.807) is 30.1 Å². The maximum atomic E-state index is 12.2. The van der Waals surface area contributed by atoms with E-state index in [0.29, 0.717) is 24.3 Å². The molecule has 3 N–H and O–H groups in total. The van der Waals surface area contributed by atoms with Gasteiger partial charge in [0.1, 0.15) is 0 Å². The topological polar surface area (TPSA) is 99.8 Å². The van der Waals surface area contributed by atoms with Gasteiger partial charge >= 0.3 is 12.1 Å². The fourth-order valence-corrected chi connectivity index (χ4v) is 2.82. The van der Waals surface area contributed by atoms with Crippen molar-refractivity contribution < 1.29 is 19.1 Å². The number of carbonyl (C=O) groups is 3. The van der Waals surface area contributed by atoms with Gasteiger partial charge in [0.15, 0.2) is 0 Å². The van der Waals surface area contributed by atoms with Gasteiger partial charge in [0.05, 0.1) is 7.11 Å². The molecule has 8 nitrogen and oxygen atoms in total. The van der Waals surface area contributed by atoms with Gasteiger partial charge in [-0.1, -0.05) is 0 Å². The van der Waals surface area contributed by atoms with Gasteiger partial charge in [-0.25, -0.2) is 9.59 Å². The number of nitrogens with one attached hydrogen (secondary N) is 3. The van der Waals surface area contributed by atoms with E-state index in [0.717, 1.165) is 18.4 Å². The highest BCUT2D eigenvalue weighted by Crippen LogP contribution is 2.17. The number of rotatable bonds is 3. The number of anilines is 1. The van der Waals surface area contributed by atoms with E-state index in [1.807, 2.05) is 6.92 Å². The molecular weight excluding hydrogens is 324 g/mol. The van der Waals surface area contributed by atoms with Gasteiger partial charge in [-0.2, -0.15) is 0 Å². The summed E-state index contributed by atoms with van der Waals surface area (Å²) in [4.78, 5) is 37.0. The van der Waals surface area contributed by atoms with E-state index in [-0.39, 0.29) is 24.1 Å². The third kappa shape index (κ3) is 4.85. The second-order valence-corrected chi connectivity index (χ2v) is 5.96. The van der Waals surface area contributed by atoms with Crippen LogP contribution in [0.4, 0.5) is 15.3 Å². The van der Waals surface area contributed by atoms with Crippen LogP contribution in [0.2, 0.25) is 0 Å². The van der Waals surface area contributed by atoms with Crippen molar-refractivity contribution in [2.75, 3.05) is 32.6 Å². The number of methoxy groups -OCH3 is 1. The van der Waals surface area contributed by atoms with E-state index >= 15 is 0 Å². The molecule has 0 aromatic heterocycles. The Kier molecular flexibility index (Phi) is 6.21. The molecule has 1 saturated heterocycles. The molecule has 0 bridgehead atoms. The minimum atomic E-state index is -0.382. The highest BCUT2D eigenvalue weighted by atomic mass is 16.5. The first kappa shape index (κ1) is 18.6. The smallest absolute Gasteiger partial charge is 0.409 e. The van der Waals surface area contributed by atoms with Crippen LogP contribution < -0.4 is 16.0 Å². The Balaban J connectivity index is 1.94. The first-order valence-electron chi connectivity index (χ1n) is 8.17. The van der Waals surface area contributed by atoms with E-state index in [2.05, 4.69) is 16.0 Å². The van der Waals surface area contributed by atoms with Gasteiger partial charge in [0, 0.05) is 37.4 Å². The summed E-state index contributed by atoms with van der Waals surface area (Å²) < 4.78 is 4.72. The molecule has 8 heteroatoms. The first-order chi connectivity index (χ1) is 11.9. The Bertz CT molecular complexity index is 662. The number of hydrogen-bond acceptors (Lipinski definition) is 4. The molecule has 4 amide bonds. The van der Waals surface area contributed by atoms with Crippen LogP contribution in [0.5, 0.6) is 0 Å². The number of urea groups is 1. The monoisotopic (exact) mass is 348 g/mol. The van der Waals surface area contributed by atoms with Crippen molar-refractivity contribution in [3.8, 4) is 0 Å². The van der Waals surface area contributed by atoms with Gasteiger partial charge in [-0.15, -0.1) is 0 Å². The van der Waals surface area contributed by atoms with Crippen LogP contribution in [0.3, 0.4) is 0 Å². The zero-order valence-electron chi connectivity index (χ0n) is 14.7. The number of aryl methyl sites for hydroxylation is 1. The molecule has 25 heavy (non-hydrogen) atoms. The summed E-state index contributed by atoms with van der Waals surface area (Å²) in [5, 5.41) is 8.22. The molecule has 1 aromatic carbocycles. The van der Waals surface area contributed by atoms with Gasteiger partial charge in [-0.3, -0.25) is 4.79 Å². The van der Waals surface area contributed by atoms with E-state index in [4.69, 9.17) is 4.74 Å². The van der Waals surface area contributed by atoms with E-state index < -0.39 is 0 Å². The summed E-state index contributed by atoms with van der Waals surface area (Å²) in [6.45, 7) is 2.88. The summed E-state index contributed by atoms with van der Waals surface area (Å²) in [6, 6.07) is 4.60. The number of amides is 4. The normalized spacial score (nSPS) is 16.8. The summed E-state index contributed by atoms with van der Waals surface area (Å²) in [6.07, 6.45) is 1.22. The quantitative estimate of drug-likeness (QED) is 0.774. The Hall–Kier alpha value is -2.77. The molecule has 1 aromatic rings. The Labute approximate surface area is 146 Å². The predicted molar refractivity (Wildman–Crippen MR) is 93.7 cm³/mol. The van der Waals surface area contributed by atoms with Crippen LogP contribution in [0.25, 0.3) is 0 Å². The van der Waals surface area contributed by atoms with Crippen molar-refractivity contribution in [1.29, 1.82) is 0 Å². The third-order valence-electron chi connectivity index (χ3n) is 4.15. The van der Waals surface area contributed by atoms with Gasteiger partial charge in [-0.05, 0) is 43.5 Å². The van der Waals surface area contributed by atoms with Crippen LogP contribution in [-0.4, -0.2) is 56.2 Å². The van der Waals surface area contributed by atoms with Crippen LogP contribution in [0, 0.1) is 6.92 Å². The molecule has 1 aliphatic rings. The molecule has 1 atom stereocenters. The number of benzene rings is 1. The summed E-state index contributed by atoms with van der Waals surface area (Å²) in [7, 11) is 2.91. The molecule has 0 aliphatic carbocycles. The number of hydrogen-bond donors (Lipinski definition) is 3. The average molecular weight is 348 g/mol. The Morgan fingerprint density at radius 3 is 2.68 bits per heavy atom. The third-order valence-corrected chi connectivity index (χ3v) is 4.15. The summed E-state index contributed by atoms with van der Waals surface area (Å²) in [5.41, 5.74) is 1.95. The Morgan fingerprint density at radius 1 is 1.28 bits per heavy atom. The summed E-state index contributed by atoms with van der Waals surface area (Å²) >= 11 is 0. The van der Waals surface area contributed by atoms with Crippen molar-refractivity contribution in [2.45, 2.75) is 25.8 Å². The molecule has 136 valence electrons. The van der Waals surface area contributed by atoms with Crippen molar-refractivity contribution in [2.24, 2.45) is 0 Å². The minimum absolute atomic E-state index is 0.127. The molecule has 0 saturated carbocycles. The highest BCUT2D eigenvalue weighted by Gasteiger charge is 2.25. The second-order valence-electron chi connectivity index (χ2n) is 5.96. The fraction of sp³-hybridized carbons (Fsp3) is 0.471. The number of likely N-dealkylation sites (tertiary alicyclic amines) is 1. The fourth-order valence-electron chi connectivity index (χ4n) is 2.82. The van der Waals surface area contributed by atoms with Gasteiger partial charge < -0.3 is 25.6 Å². The first-order valence-corrected chi connectivity index (χ1v) is 8.17. The van der Waals surface area contributed by atoms with Crippen molar-refractivity contribution in [3.05, 3.63) is 29.3 Å². The Morgan fingerprint density at radius 2 is 2.04 bits per heavy atom. The number of piperidine rings is 1. The molecule has 1 aliphatic heterocycles. The predicted octanol–water partition coefficient (Wildman–Crippen LogP) is 1.71. The maximum absolute atomic E-state index is 12.2. The standard InChI is InChI=1S/C17H24N4O4/c1-11-9-12(15(22)18-2)6-7-14(11)20-16(23)19-13-5-4-8-21(10-13)17(24)25-3/h6-7,9,13H,4-5,8,10H2,1-3H3,(H,18,22)(H2,19,20,23)/t13-/m1/s1. The number of nitrogens with zero attached hydrogens (tertiary/aromatic N) is 1. The minimum Gasteiger partial charge on any atom is -0.453 e. The van der Waals surface area contributed by atoms with Crippen molar-refractivity contribution >= 4 is 23.7 Å². The highest BCUT2D eigenvalue weighted by molar-refractivity contribution is 5.96. The molecule has 1 fully saturated rings. The summed E-state index contributed by atoms with van der Waals surface area (Å²) in [5.74, 6) is -0.177. The lowest BCUT2D eigenvalue weighted by molar-refractivity contribution is 0.0962. The number of carbonyl (C=O) groups excluding carboxylic acids is 3. The van der Waals surface area contributed by atoms with Crippen LogP contribution in [0.15, 0.2) is 18.2 Å². The number of ether oxygens (including phenoxy) is 1. The lowest BCUT2D eigenvalue weighted by Crippen LogP contribution is -2.50. The van der Waals surface area contributed by atoms with Crippen LogP contribution in [0.1, 0.15) is 28.8 Å². The van der Waals surface area contributed by atoms with Crippen LogP contribution in [-0.2, 0) is 4.74 Å². The van der Waals surface area contributed by atoms with Crippen LogP contribution >= 0.6 is 0 Å². The molecular formula is C17H24N4O4. The zero-order chi connectivity index (χ0) is 18.4. The molecule has 2 rings (SSSR count). The molecule has 1 heterocycles. The average Bonchev–Trinajstić information content (AvgIpc) is 2.62. The van der Waals surface area contributed by atoms with Gasteiger partial charge in [0.2, 0.25) is 0 Å². The van der Waals surface area contributed by atoms with Crippen molar-refractivity contribution in [1.82, 2.24) is 15.5 Å². The van der Waals surface area contributed by atoms with E-state index in [9.17, 15) is 14.4 Å². The largest absolute Gasteiger partial charge is 0.453 e. The van der Waals surface area contributed by atoms with Crippen molar-refractivity contribution in [3.63, 3.8) is 0 Å².